The van der Waals surface area contributed by atoms with Crippen LogP contribution in [0, 0.1) is 5.92 Å². The maximum atomic E-state index is 12.8. The molecule has 20 heavy (non-hydrogen) atoms. The first-order valence-corrected chi connectivity index (χ1v) is 6.28. The number of aliphatic hydroxyl groups is 1. The van der Waals surface area contributed by atoms with E-state index in [1.165, 1.54) is 12.1 Å². The van der Waals surface area contributed by atoms with E-state index in [0.29, 0.717) is 12.4 Å². The average Bonchev–Trinajstić information content (AvgIpc) is 2.45. The van der Waals surface area contributed by atoms with Gasteiger partial charge in [0.25, 0.3) is 6.43 Å². The number of hydrogen-bond acceptors (Lipinski definition) is 4. The van der Waals surface area contributed by atoms with Gasteiger partial charge in [-0.2, -0.15) is 0 Å². The van der Waals surface area contributed by atoms with Crippen LogP contribution in [0.25, 0.3) is 0 Å². The van der Waals surface area contributed by atoms with E-state index >= 15 is 0 Å². The lowest BCUT2D eigenvalue weighted by atomic mass is 9.96. The molecule has 1 aromatic carbocycles. The molecule has 2 atom stereocenters. The van der Waals surface area contributed by atoms with E-state index in [4.69, 9.17) is 4.74 Å². The van der Waals surface area contributed by atoms with Gasteiger partial charge in [-0.25, -0.2) is 8.78 Å². The number of carbonyl (C=O) groups excluding carboxylic acids is 1. The third-order valence-corrected chi connectivity index (χ3v) is 2.78. The lowest BCUT2D eigenvalue weighted by Crippen LogP contribution is -2.30. The largest absolute Gasteiger partial charge is 0.494 e. The Hall–Kier alpha value is -1.69. The molecule has 0 aromatic heterocycles. The zero-order valence-corrected chi connectivity index (χ0v) is 11.4. The maximum Gasteiger partial charge on any atom is 0.317 e. The van der Waals surface area contributed by atoms with Crippen molar-refractivity contribution in [1.82, 2.24) is 0 Å². The Morgan fingerprint density at radius 3 is 2.35 bits per heavy atom. The number of rotatable bonds is 7. The second-order valence-corrected chi connectivity index (χ2v) is 4.25. The van der Waals surface area contributed by atoms with Gasteiger partial charge in [-0.05, 0) is 24.1 Å². The molecule has 0 aliphatic rings. The van der Waals surface area contributed by atoms with Crippen molar-refractivity contribution in [2.75, 3.05) is 13.7 Å². The van der Waals surface area contributed by atoms with Crippen LogP contribution in [0.15, 0.2) is 24.3 Å². The highest BCUT2D eigenvalue weighted by molar-refractivity contribution is 5.73. The van der Waals surface area contributed by atoms with Gasteiger partial charge in [0.2, 0.25) is 0 Å². The normalized spacial score (nSPS) is 13.9. The van der Waals surface area contributed by atoms with Crippen LogP contribution in [0.4, 0.5) is 8.78 Å². The Morgan fingerprint density at radius 1 is 1.30 bits per heavy atom. The highest BCUT2D eigenvalue weighted by Gasteiger charge is 2.37. The molecule has 2 unspecified atom stereocenters. The first-order valence-electron chi connectivity index (χ1n) is 6.28. The average molecular weight is 288 g/mol. The molecule has 0 spiro atoms. The quantitative estimate of drug-likeness (QED) is 0.783. The van der Waals surface area contributed by atoms with Crippen molar-refractivity contribution in [2.45, 2.75) is 25.9 Å². The summed E-state index contributed by atoms with van der Waals surface area (Å²) in [7, 11) is 1.01. The number of carbonyl (C=O) groups is 1. The van der Waals surface area contributed by atoms with Gasteiger partial charge in [0.05, 0.1) is 19.8 Å². The summed E-state index contributed by atoms with van der Waals surface area (Å²) in [6.07, 6.45) is -3.78. The molecule has 0 heterocycles. The van der Waals surface area contributed by atoms with Gasteiger partial charge >= 0.3 is 5.97 Å². The number of ether oxygens (including phenoxy) is 2. The topological polar surface area (TPSA) is 55.8 Å². The van der Waals surface area contributed by atoms with E-state index in [1.807, 2.05) is 6.92 Å². The number of halogens is 2. The van der Waals surface area contributed by atoms with E-state index < -0.39 is 24.4 Å². The zero-order chi connectivity index (χ0) is 15.1. The van der Waals surface area contributed by atoms with E-state index in [-0.39, 0.29) is 5.56 Å². The van der Waals surface area contributed by atoms with Gasteiger partial charge in [-0.15, -0.1) is 0 Å². The highest BCUT2D eigenvalue weighted by Crippen LogP contribution is 2.29. The second kappa shape index (κ2) is 7.79. The third kappa shape index (κ3) is 4.16. The Labute approximate surface area is 116 Å². The van der Waals surface area contributed by atoms with Gasteiger partial charge in [-0.3, -0.25) is 4.79 Å². The minimum absolute atomic E-state index is 0.213. The molecule has 0 radical (unpaired) electrons. The highest BCUT2D eigenvalue weighted by atomic mass is 19.3. The Kier molecular flexibility index (Phi) is 6.38. The summed E-state index contributed by atoms with van der Waals surface area (Å²) >= 11 is 0. The van der Waals surface area contributed by atoms with E-state index in [2.05, 4.69) is 4.74 Å². The van der Waals surface area contributed by atoms with Gasteiger partial charge in [0.15, 0.2) is 0 Å². The zero-order valence-electron chi connectivity index (χ0n) is 11.4. The molecule has 0 saturated carbocycles. The van der Waals surface area contributed by atoms with E-state index in [9.17, 15) is 18.7 Å². The fourth-order valence-corrected chi connectivity index (χ4v) is 1.69. The van der Waals surface area contributed by atoms with E-state index in [0.717, 1.165) is 13.5 Å². The van der Waals surface area contributed by atoms with Crippen molar-refractivity contribution in [3.63, 3.8) is 0 Å². The van der Waals surface area contributed by atoms with Gasteiger partial charge in [0, 0.05) is 0 Å². The number of esters is 1. The van der Waals surface area contributed by atoms with Crippen LogP contribution >= 0.6 is 0 Å². The van der Waals surface area contributed by atoms with Crippen LogP contribution in [0.1, 0.15) is 25.0 Å². The summed E-state index contributed by atoms with van der Waals surface area (Å²) < 4.78 is 35.3. The number of aliphatic hydroxyl groups excluding tert-OH is 1. The molecule has 1 rings (SSSR count). The summed E-state index contributed by atoms with van der Waals surface area (Å²) in [6.45, 7) is 2.51. The molecular formula is C14H18F2O4. The molecule has 0 aliphatic carbocycles. The van der Waals surface area contributed by atoms with Crippen molar-refractivity contribution < 1.29 is 28.2 Å². The fraction of sp³-hybridized carbons (Fsp3) is 0.500. The maximum absolute atomic E-state index is 12.8. The second-order valence-electron chi connectivity index (χ2n) is 4.25. The molecule has 0 bridgehead atoms. The van der Waals surface area contributed by atoms with Crippen molar-refractivity contribution in [1.29, 1.82) is 0 Å². The van der Waals surface area contributed by atoms with Crippen LogP contribution in [-0.4, -0.2) is 31.2 Å². The predicted molar refractivity (Wildman–Crippen MR) is 68.7 cm³/mol. The summed E-state index contributed by atoms with van der Waals surface area (Å²) in [5, 5.41) is 9.90. The predicted octanol–water partition coefficient (Wildman–Crippen LogP) is 2.56. The Morgan fingerprint density at radius 2 is 1.90 bits per heavy atom. The standard InChI is InChI=1S/C14H18F2O4/c1-3-8-20-10-6-4-9(5-7-10)12(17)11(13(15)16)14(18)19-2/h4-7,11-13,17H,3,8H2,1-2H3. The lowest BCUT2D eigenvalue weighted by Gasteiger charge is -2.20. The smallest absolute Gasteiger partial charge is 0.317 e. The molecule has 0 amide bonds. The minimum Gasteiger partial charge on any atom is -0.494 e. The summed E-state index contributed by atoms with van der Waals surface area (Å²) in [6, 6.07) is 6.03. The number of benzene rings is 1. The fourth-order valence-electron chi connectivity index (χ4n) is 1.69. The summed E-state index contributed by atoms with van der Waals surface area (Å²) in [5.41, 5.74) is 0.213. The SMILES string of the molecule is CCCOc1ccc(C(O)C(C(=O)OC)C(F)F)cc1. The first kappa shape index (κ1) is 16.4. The molecular weight excluding hydrogens is 270 g/mol. The van der Waals surface area contributed by atoms with Crippen molar-refractivity contribution >= 4 is 5.97 Å². The molecule has 112 valence electrons. The molecule has 0 saturated heterocycles. The molecule has 4 nitrogen and oxygen atoms in total. The molecule has 0 fully saturated rings. The summed E-state index contributed by atoms with van der Waals surface area (Å²) in [5.74, 6) is -2.46. The molecule has 6 heteroatoms. The van der Waals surface area contributed by atoms with Gasteiger partial charge < -0.3 is 14.6 Å². The Balaban J connectivity index is 2.84. The van der Waals surface area contributed by atoms with Gasteiger partial charge in [-0.1, -0.05) is 19.1 Å². The van der Waals surface area contributed by atoms with E-state index in [1.54, 1.807) is 12.1 Å². The molecule has 0 aliphatic heterocycles. The lowest BCUT2D eigenvalue weighted by molar-refractivity contribution is -0.157. The third-order valence-electron chi connectivity index (χ3n) is 2.78. The Bertz CT molecular complexity index is 420. The minimum atomic E-state index is -3.01. The van der Waals surface area contributed by atoms with Crippen LogP contribution in [0.2, 0.25) is 0 Å². The number of methoxy groups -OCH3 is 1. The first-order chi connectivity index (χ1) is 9.51. The number of alkyl halides is 2. The van der Waals surface area contributed by atoms with Crippen molar-refractivity contribution in [3.8, 4) is 5.75 Å². The van der Waals surface area contributed by atoms with Crippen molar-refractivity contribution in [2.24, 2.45) is 5.92 Å². The van der Waals surface area contributed by atoms with Crippen LogP contribution in [-0.2, 0) is 9.53 Å². The van der Waals surface area contributed by atoms with Crippen LogP contribution in [0.3, 0.4) is 0 Å². The number of hydrogen-bond donors (Lipinski definition) is 1. The van der Waals surface area contributed by atoms with Crippen LogP contribution < -0.4 is 4.74 Å². The monoisotopic (exact) mass is 288 g/mol. The summed E-state index contributed by atoms with van der Waals surface area (Å²) in [4.78, 5) is 11.3. The van der Waals surface area contributed by atoms with Crippen molar-refractivity contribution in [3.05, 3.63) is 29.8 Å². The van der Waals surface area contributed by atoms with Crippen LogP contribution in [0.5, 0.6) is 5.75 Å². The van der Waals surface area contributed by atoms with Gasteiger partial charge in [0.1, 0.15) is 11.7 Å². The molecule has 1 aromatic rings. The molecule has 1 N–H and O–H groups in total.